The summed E-state index contributed by atoms with van der Waals surface area (Å²) in [7, 11) is 0. The first-order chi connectivity index (χ1) is 10.2. The minimum absolute atomic E-state index is 0.0377. The molecule has 0 atom stereocenters. The highest BCUT2D eigenvalue weighted by Gasteiger charge is 2.04. The van der Waals surface area contributed by atoms with Crippen molar-refractivity contribution in [2.24, 2.45) is 5.73 Å². The summed E-state index contributed by atoms with van der Waals surface area (Å²) in [5.74, 6) is -0.553. The summed E-state index contributed by atoms with van der Waals surface area (Å²) in [6.45, 7) is 1.17. The third-order valence-corrected chi connectivity index (χ3v) is 3.06. The maximum absolute atomic E-state index is 11.5. The number of amides is 2. The van der Waals surface area contributed by atoms with Crippen molar-refractivity contribution in [3.63, 3.8) is 0 Å². The van der Waals surface area contributed by atoms with E-state index in [-0.39, 0.29) is 24.9 Å². The summed E-state index contributed by atoms with van der Waals surface area (Å²) in [4.78, 5) is 26.7. The molecule has 0 aliphatic heterocycles. The second kappa shape index (κ2) is 7.39. The fourth-order valence-corrected chi connectivity index (χ4v) is 1.98. The molecular formula is C14H19N5O2. The number of benzene rings is 1. The number of aromatic nitrogens is 2. The van der Waals surface area contributed by atoms with Crippen molar-refractivity contribution in [3.8, 4) is 0 Å². The first-order valence-electron chi connectivity index (χ1n) is 6.84. The number of nitrogens with two attached hydrogens (primary N) is 1. The van der Waals surface area contributed by atoms with Gasteiger partial charge < -0.3 is 20.9 Å². The van der Waals surface area contributed by atoms with Crippen LogP contribution in [0.15, 0.2) is 30.6 Å². The monoisotopic (exact) mass is 289 g/mol. The molecule has 0 aliphatic carbocycles. The van der Waals surface area contributed by atoms with Gasteiger partial charge in [-0.2, -0.15) is 0 Å². The molecule has 1 aromatic carbocycles. The van der Waals surface area contributed by atoms with E-state index in [0.717, 1.165) is 24.0 Å². The van der Waals surface area contributed by atoms with E-state index in [9.17, 15) is 9.59 Å². The van der Waals surface area contributed by atoms with Gasteiger partial charge in [0.05, 0.1) is 30.5 Å². The molecule has 0 spiro atoms. The van der Waals surface area contributed by atoms with E-state index in [1.54, 1.807) is 6.33 Å². The first kappa shape index (κ1) is 15.0. The van der Waals surface area contributed by atoms with Crippen molar-refractivity contribution in [1.82, 2.24) is 20.2 Å². The molecule has 1 aromatic heterocycles. The molecule has 2 amide bonds. The molecule has 2 aromatic rings. The maximum atomic E-state index is 11.5. The van der Waals surface area contributed by atoms with E-state index >= 15 is 0 Å². The lowest BCUT2D eigenvalue weighted by atomic mass is 10.3. The Labute approximate surface area is 122 Å². The van der Waals surface area contributed by atoms with Crippen LogP contribution in [0.5, 0.6) is 0 Å². The van der Waals surface area contributed by atoms with Crippen molar-refractivity contribution in [2.45, 2.75) is 13.0 Å². The predicted molar refractivity (Wildman–Crippen MR) is 79.4 cm³/mol. The van der Waals surface area contributed by atoms with E-state index in [4.69, 9.17) is 5.73 Å². The van der Waals surface area contributed by atoms with Crippen LogP contribution in [-0.2, 0) is 16.1 Å². The van der Waals surface area contributed by atoms with E-state index in [1.165, 1.54) is 0 Å². The molecule has 0 bridgehead atoms. The normalized spacial score (nSPS) is 10.5. The lowest BCUT2D eigenvalue weighted by Gasteiger charge is -2.07. The predicted octanol–water partition coefficient (Wildman–Crippen LogP) is -0.383. The van der Waals surface area contributed by atoms with Gasteiger partial charge in [-0.15, -0.1) is 0 Å². The standard InChI is InChI=1S/C14H19N5O2/c15-8-13(20)17-9-14(21)16-6-3-7-19-10-18-11-4-1-2-5-12(11)19/h1-2,4-5,10H,3,6-9,15H2,(H,16,21)(H,17,20). The Balaban J connectivity index is 1.70. The summed E-state index contributed by atoms with van der Waals surface area (Å²) >= 11 is 0. The molecule has 7 nitrogen and oxygen atoms in total. The Morgan fingerprint density at radius 1 is 1.19 bits per heavy atom. The van der Waals surface area contributed by atoms with Gasteiger partial charge in [-0.1, -0.05) is 12.1 Å². The second-order valence-electron chi connectivity index (χ2n) is 4.61. The largest absolute Gasteiger partial charge is 0.355 e. The number of para-hydroxylation sites is 2. The van der Waals surface area contributed by atoms with Gasteiger partial charge in [-0.3, -0.25) is 9.59 Å². The Morgan fingerprint density at radius 2 is 2.00 bits per heavy atom. The fraction of sp³-hybridized carbons (Fsp3) is 0.357. The molecule has 2 rings (SSSR count). The quantitative estimate of drug-likeness (QED) is 0.604. The molecule has 4 N–H and O–H groups in total. The highest BCUT2D eigenvalue weighted by atomic mass is 16.2. The number of imidazole rings is 1. The third-order valence-electron chi connectivity index (χ3n) is 3.06. The van der Waals surface area contributed by atoms with Crippen LogP contribution in [0, 0.1) is 0 Å². The number of nitrogens with zero attached hydrogens (tertiary/aromatic N) is 2. The Kier molecular flexibility index (Phi) is 5.28. The number of carbonyl (C=O) groups is 2. The number of carbonyl (C=O) groups excluding carboxylic acids is 2. The van der Waals surface area contributed by atoms with Crippen LogP contribution in [-0.4, -0.2) is 41.0 Å². The molecular weight excluding hydrogens is 270 g/mol. The van der Waals surface area contributed by atoms with E-state index in [1.807, 2.05) is 24.3 Å². The summed E-state index contributed by atoms with van der Waals surface area (Å²) in [6, 6.07) is 7.91. The van der Waals surface area contributed by atoms with Crippen LogP contribution >= 0.6 is 0 Å². The molecule has 0 aliphatic rings. The number of hydrogen-bond acceptors (Lipinski definition) is 4. The number of aryl methyl sites for hydroxylation is 1. The highest BCUT2D eigenvalue weighted by molar-refractivity contribution is 5.85. The average molecular weight is 289 g/mol. The van der Waals surface area contributed by atoms with Gasteiger partial charge in [-0.25, -0.2) is 4.98 Å². The zero-order valence-corrected chi connectivity index (χ0v) is 11.7. The van der Waals surface area contributed by atoms with Crippen molar-refractivity contribution in [2.75, 3.05) is 19.6 Å². The highest BCUT2D eigenvalue weighted by Crippen LogP contribution is 2.11. The molecule has 0 unspecified atom stereocenters. The Bertz CT molecular complexity index is 623. The first-order valence-corrected chi connectivity index (χ1v) is 6.84. The SMILES string of the molecule is NCC(=O)NCC(=O)NCCCn1cnc2ccccc21. The van der Waals surface area contributed by atoms with Gasteiger partial charge in [0.25, 0.3) is 0 Å². The van der Waals surface area contributed by atoms with Crippen molar-refractivity contribution >= 4 is 22.8 Å². The number of rotatable bonds is 7. The van der Waals surface area contributed by atoms with Gasteiger partial charge in [0.1, 0.15) is 0 Å². The molecule has 1 heterocycles. The number of fused-ring (bicyclic) bond motifs is 1. The molecule has 0 saturated carbocycles. The molecule has 21 heavy (non-hydrogen) atoms. The van der Waals surface area contributed by atoms with Crippen molar-refractivity contribution in [1.29, 1.82) is 0 Å². The van der Waals surface area contributed by atoms with Crippen molar-refractivity contribution in [3.05, 3.63) is 30.6 Å². The Morgan fingerprint density at radius 3 is 2.81 bits per heavy atom. The molecule has 0 saturated heterocycles. The van der Waals surface area contributed by atoms with Crippen LogP contribution in [0.3, 0.4) is 0 Å². The topological polar surface area (TPSA) is 102 Å². The minimum Gasteiger partial charge on any atom is -0.355 e. The third kappa shape index (κ3) is 4.28. The zero-order chi connectivity index (χ0) is 15.1. The lowest BCUT2D eigenvalue weighted by Crippen LogP contribution is -2.39. The Hall–Kier alpha value is -2.41. The van der Waals surface area contributed by atoms with Gasteiger partial charge in [0, 0.05) is 13.1 Å². The summed E-state index contributed by atoms with van der Waals surface area (Å²) in [5, 5.41) is 5.16. The second-order valence-corrected chi connectivity index (χ2v) is 4.61. The van der Waals surface area contributed by atoms with Gasteiger partial charge in [0.2, 0.25) is 11.8 Å². The molecule has 112 valence electrons. The zero-order valence-electron chi connectivity index (χ0n) is 11.7. The minimum atomic E-state index is -0.338. The average Bonchev–Trinajstić information content (AvgIpc) is 2.92. The summed E-state index contributed by atoms with van der Waals surface area (Å²) in [5.41, 5.74) is 7.17. The van der Waals surface area contributed by atoms with Crippen LogP contribution in [0.4, 0.5) is 0 Å². The summed E-state index contributed by atoms with van der Waals surface area (Å²) < 4.78 is 2.05. The smallest absolute Gasteiger partial charge is 0.239 e. The van der Waals surface area contributed by atoms with E-state index < -0.39 is 0 Å². The molecule has 0 fully saturated rings. The van der Waals surface area contributed by atoms with E-state index in [2.05, 4.69) is 20.2 Å². The van der Waals surface area contributed by atoms with Crippen LogP contribution < -0.4 is 16.4 Å². The van der Waals surface area contributed by atoms with Crippen LogP contribution in [0.2, 0.25) is 0 Å². The van der Waals surface area contributed by atoms with Gasteiger partial charge in [0.15, 0.2) is 0 Å². The number of hydrogen-bond donors (Lipinski definition) is 3. The maximum Gasteiger partial charge on any atom is 0.239 e. The van der Waals surface area contributed by atoms with Crippen LogP contribution in [0.1, 0.15) is 6.42 Å². The molecule has 7 heteroatoms. The van der Waals surface area contributed by atoms with Crippen LogP contribution in [0.25, 0.3) is 11.0 Å². The fourth-order valence-electron chi connectivity index (χ4n) is 1.98. The number of nitrogens with one attached hydrogen (secondary N) is 2. The molecule has 0 radical (unpaired) electrons. The van der Waals surface area contributed by atoms with Gasteiger partial charge in [-0.05, 0) is 18.6 Å². The van der Waals surface area contributed by atoms with E-state index in [0.29, 0.717) is 6.54 Å². The summed E-state index contributed by atoms with van der Waals surface area (Å²) in [6.07, 6.45) is 2.59. The van der Waals surface area contributed by atoms with Crippen molar-refractivity contribution < 1.29 is 9.59 Å². The van der Waals surface area contributed by atoms with Gasteiger partial charge >= 0.3 is 0 Å². The lowest BCUT2D eigenvalue weighted by molar-refractivity contribution is -0.125.